The summed E-state index contributed by atoms with van der Waals surface area (Å²) < 4.78 is 5.14. The number of anilines is 1. The van der Waals surface area contributed by atoms with Crippen LogP contribution in [-0.2, 0) is 9.59 Å². The Labute approximate surface area is 142 Å². The number of hydrogen-bond donors (Lipinski definition) is 1. The van der Waals surface area contributed by atoms with Crippen molar-refractivity contribution in [2.75, 3.05) is 38.2 Å². The molecule has 0 spiro atoms. The number of carbonyl (C=O) groups excluding carboxylic acids is 2. The van der Waals surface area contributed by atoms with Gasteiger partial charge < -0.3 is 20.3 Å². The Morgan fingerprint density at radius 3 is 2.67 bits per heavy atom. The highest BCUT2D eigenvalue weighted by Crippen LogP contribution is 2.32. The molecule has 2 atom stereocenters. The van der Waals surface area contributed by atoms with Crippen LogP contribution in [0.15, 0.2) is 24.3 Å². The SMILES string of the molecule is COc1ccc(N2CC(C(=O)N3CCC(C)(CN)C3)CC2=O)cc1. The van der Waals surface area contributed by atoms with Crippen LogP contribution in [0.3, 0.4) is 0 Å². The molecule has 6 nitrogen and oxygen atoms in total. The Hall–Kier alpha value is -2.08. The molecule has 2 fully saturated rings. The summed E-state index contributed by atoms with van der Waals surface area (Å²) >= 11 is 0. The summed E-state index contributed by atoms with van der Waals surface area (Å²) in [5, 5.41) is 0. The first-order chi connectivity index (χ1) is 11.5. The lowest BCUT2D eigenvalue weighted by molar-refractivity contribution is -0.135. The maximum Gasteiger partial charge on any atom is 0.228 e. The van der Waals surface area contributed by atoms with Crippen LogP contribution in [0.5, 0.6) is 5.75 Å². The van der Waals surface area contributed by atoms with Crippen molar-refractivity contribution in [2.24, 2.45) is 17.1 Å². The molecule has 1 aromatic rings. The molecule has 6 heteroatoms. The van der Waals surface area contributed by atoms with Crippen LogP contribution < -0.4 is 15.4 Å². The smallest absolute Gasteiger partial charge is 0.228 e. The maximum absolute atomic E-state index is 12.8. The van der Waals surface area contributed by atoms with Gasteiger partial charge in [-0.2, -0.15) is 0 Å². The Morgan fingerprint density at radius 2 is 2.08 bits per heavy atom. The van der Waals surface area contributed by atoms with E-state index in [9.17, 15) is 9.59 Å². The Bertz CT molecular complexity index is 631. The number of amides is 2. The van der Waals surface area contributed by atoms with E-state index < -0.39 is 0 Å². The zero-order valence-corrected chi connectivity index (χ0v) is 14.3. The van der Waals surface area contributed by atoms with Crippen LogP contribution in [0.25, 0.3) is 0 Å². The predicted molar refractivity (Wildman–Crippen MR) is 91.8 cm³/mol. The molecule has 2 N–H and O–H groups in total. The van der Waals surface area contributed by atoms with Gasteiger partial charge in [0.25, 0.3) is 0 Å². The van der Waals surface area contributed by atoms with E-state index >= 15 is 0 Å². The number of likely N-dealkylation sites (tertiary alicyclic amines) is 1. The number of carbonyl (C=O) groups is 2. The molecular weight excluding hydrogens is 306 g/mol. The van der Waals surface area contributed by atoms with E-state index in [1.807, 2.05) is 29.2 Å². The molecule has 2 heterocycles. The highest BCUT2D eigenvalue weighted by molar-refractivity contribution is 6.00. The Kier molecular flexibility index (Phi) is 4.49. The van der Waals surface area contributed by atoms with E-state index in [2.05, 4.69) is 6.92 Å². The van der Waals surface area contributed by atoms with Crippen LogP contribution in [0, 0.1) is 11.3 Å². The molecule has 0 bridgehead atoms. The fraction of sp³-hybridized carbons (Fsp3) is 0.556. The highest BCUT2D eigenvalue weighted by atomic mass is 16.5. The van der Waals surface area contributed by atoms with Gasteiger partial charge in [0.1, 0.15) is 5.75 Å². The van der Waals surface area contributed by atoms with Gasteiger partial charge in [0.15, 0.2) is 0 Å². The highest BCUT2D eigenvalue weighted by Gasteiger charge is 2.41. The number of hydrogen-bond acceptors (Lipinski definition) is 4. The van der Waals surface area contributed by atoms with Gasteiger partial charge in [0.05, 0.1) is 13.0 Å². The molecule has 0 saturated carbocycles. The Balaban J connectivity index is 1.67. The number of methoxy groups -OCH3 is 1. The van der Waals surface area contributed by atoms with Crippen molar-refractivity contribution in [1.29, 1.82) is 0 Å². The standard InChI is InChI=1S/C18H25N3O3/c1-18(11-19)7-8-20(12-18)17(23)13-9-16(22)21(10-13)14-3-5-15(24-2)6-4-14/h3-6,13H,7-12,19H2,1-2H3. The van der Waals surface area contributed by atoms with E-state index in [-0.39, 0.29) is 29.6 Å². The average Bonchev–Trinajstić information content (AvgIpc) is 3.18. The molecule has 2 unspecified atom stereocenters. The minimum atomic E-state index is -0.264. The topological polar surface area (TPSA) is 75.9 Å². The van der Waals surface area contributed by atoms with Crippen LogP contribution in [0.4, 0.5) is 5.69 Å². The zero-order valence-electron chi connectivity index (χ0n) is 14.3. The van der Waals surface area contributed by atoms with Gasteiger partial charge in [-0.25, -0.2) is 0 Å². The molecule has 0 aliphatic carbocycles. The molecule has 130 valence electrons. The van der Waals surface area contributed by atoms with Gasteiger partial charge in [0.2, 0.25) is 11.8 Å². The van der Waals surface area contributed by atoms with E-state index in [0.717, 1.165) is 24.4 Å². The maximum atomic E-state index is 12.8. The van der Waals surface area contributed by atoms with Crippen LogP contribution in [-0.4, -0.2) is 50.0 Å². The number of benzene rings is 1. The predicted octanol–water partition coefficient (Wildman–Crippen LogP) is 1.25. The third-order valence-electron chi connectivity index (χ3n) is 5.22. The van der Waals surface area contributed by atoms with Crippen LogP contribution in [0.2, 0.25) is 0 Å². The molecule has 3 rings (SSSR count). The van der Waals surface area contributed by atoms with E-state index in [1.165, 1.54) is 0 Å². The minimum absolute atomic E-state index is 0.000648. The first-order valence-corrected chi connectivity index (χ1v) is 8.39. The number of nitrogens with two attached hydrogens (primary N) is 1. The zero-order chi connectivity index (χ0) is 17.3. The number of nitrogens with zero attached hydrogens (tertiary/aromatic N) is 2. The van der Waals surface area contributed by atoms with Crippen LogP contribution >= 0.6 is 0 Å². The first kappa shape index (κ1) is 16.8. The van der Waals surface area contributed by atoms with Crippen molar-refractivity contribution in [1.82, 2.24) is 4.90 Å². The summed E-state index contributed by atoms with van der Waals surface area (Å²) in [6.45, 7) is 4.57. The van der Waals surface area contributed by atoms with E-state index in [1.54, 1.807) is 12.0 Å². The first-order valence-electron chi connectivity index (χ1n) is 8.39. The lowest BCUT2D eigenvalue weighted by Gasteiger charge is -2.24. The monoisotopic (exact) mass is 331 g/mol. The fourth-order valence-electron chi connectivity index (χ4n) is 3.52. The average molecular weight is 331 g/mol. The number of ether oxygens (including phenoxy) is 1. The summed E-state index contributed by atoms with van der Waals surface area (Å²) in [5.41, 5.74) is 6.63. The molecule has 2 aliphatic heterocycles. The largest absolute Gasteiger partial charge is 0.497 e. The van der Waals surface area contributed by atoms with Crippen molar-refractivity contribution >= 4 is 17.5 Å². The van der Waals surface area contributed by atoms with E-state index in [0.29, 0.717) is 19.6 Å². The minimum Gasteiger partial charge on any atom is -0.497 e. The molecule has 0 radical (unpaired) electrons. The van der Waals surface area contributed by atoms with Gasteiger partial charge in [-0.1, -0.05) is 6.92 Å². The summed E-state index contributed by atoms with van der Waals surface area (Å²) in [5.74, 6) is 0.562. The third kappa shape index (κ3) is 3.11. The second-order valence-corrected chi connectivity index (χ2v) is 7.13. The normalized spacial score (nSPS) is 27.0. The summed E-state index contributed by atoms with van der Waals surface area (Å²) in [6.07, 6.45) is 1.21. The van der Waals surface area contributed by atoms with E-state index in [4.69, 9.17) is 10.5 Å². The second-order valence-electron chi connectivity index (χ2n) is 7.13. The van der Waals surface area contributed by atoms with Gasteiger partial charge in [0, 0.05) is 31.7 Å². The fourth-order valence-corrected chi connectivity index (χ4v) is 3.52. The van der Waals surface area contributed by atoms with Crippen molar-refractivity contribution in [2.45, 2.75) is 19.8 Å². The summed E-state index contributed by atoms with van der Waals surface area (Å²) in [6, 6.07) is 7.35. The van der Waals surface area contributed by atoms with Gasteiger partial charge in [-0.15, -0.1) is 0 Å². The van der Waals surface area contributed by atoms with Crippen LogP contribution in [0.1, 0.15) is 19.8 Å². The van der Waals surface area contributed by atoms with Crippen molar-refractivity contribution < 1.29 is 14.3 Å². The van der Waals surface area contributed by atoms with Crippen molar-refractivity contribution in [3.63, 3.8) is 0 Å². The lowest BCUT2D eigenvalue weighted by atomic mass is 9.90. The summed E-state index contributed by atoms with van der Waals surface area (Å²) in [7, 11) is 1.61. The van der Waals surface area contributed by atoms with Gasteiger partial charge in [-0.05, 0) is 42.6 Å². The molecule has 2 aliphatic rings. The number of rotatable bonds is 4. The molecule has 2 saturated heterocycles. The van der Waals surface area contributed by atoms with Gasteiger partial charge in [-0.3, -0.25) is 9.59 Å². The molecule has 24 heavy (non-hydrogen) atoms. The molecule has 2 amide bonds. The van der Waals surface area contributed by atoms with Crippen molar-refractivity contribution in [3.05, 3.63) is 24.3 Å². The lowest BCUT2D eigenvalue weighted by Crippen LogP contribution is -2.38. The quantitative estimate of drug-likeness (QED) is 0.901. The third-order valence-corrected chi connectivity index (χ3v) is 5.22. The molecule has 0 aromatic heterocycles. The Morgan fingerprint density at radius 1 is 1.38 bits per heavy atom. The van der Waals surface area contributed by atoms with Crippen molar-refractivity contribution in [3.8, 4) is 5.75 Å². The summed E-state index contributed by atoms with van der Waals surface area (Å²) in [4.78, 5) is 28.7. The van der Waals surface area contributed by atoms with Gasteiger partial charge >= 0.3 is 0 Å². The molecular formula is C18H25N3O3. The second kappa shape index (κ2) is 6.43. The molecule has 1 aromatic carbocycles.